The van der Waals surface area contributed by atoms with Crippen molar-refractivity contribution in [1.82, 2.24) is 4.98 Å². The summed E-state index contributed by atoms with van der Waals surface area (Å²) in [6.07, 6.45) is 1.57. The Morgan fingerprint density at radius 2 is 1.81 bits per heavy atom. The molecule has 0 saturated heterocycles. The fourth-order valence-electron chi connectivity index (χ4n) is 4.32. The van der Waals surface area contributed by atoms with Crippen molar-refractivity contribution in [2.24, 2.45) is 17.3 Å². The molecule has 0 spiro atoms. The molecule has 0 aliphatic carbocycles. The zero-order chi connectivity index (χ0) is 27.8. The number of nitrogens with zero attached hydrogens (tertiary/aromatic N) is 1. The van der Waals surface area contributed by atoms with E-state index in [1.807, 2.05) is 39.2 Å². The molecule has 0 aliphatic rings. The summed E-state index contributed by atoms with van der Waals surface area (Å²) in [5.74, 6) is -1.74. The Labute approximate surface area is 221 Å². The van der Waals surface area contributed by atoms with E-state index in [0.717, 1.165) is 22.7 Å². The second-order valence-corrected chi connectivity index (χ2v) is 12.4. The number of ketones is 1. The molecule has 3 N–H and O–H groups in total. The van der Waals surface area contributed by atoms with Crippen LogP contribution in [-0.2, 0) is 14.3 Å². The van der Waals surface area contributed by atoms with Gasteiger partial charge >= 0.3 is 5.97 Å². The second-order valence-electron chi connectivity index (χ2n) is 11.3. The molecule has 36 heavy (non-hydrogen) atoms. The summed E-state index contributed by atoms with van der Waals surface area (Å²) in [5.41, 5.74) is -0.330. The van der Waals surface area contributed by atoms with Gasteiger partial charge in [-0.15, -0.1) is 11.3 Å². The third-order valence-corrected chi connectivity index (χ3v) is 7.74. The summed E-state index contributed by atoms with van der Waals surface area (Å²) >= 11 is 1.55. The molecule has 0 fully saturated rings. The second kappa shape index (κ2) is 13.8. The van der Waals surface area contributed by atoms with Gasteiger partial charge in [-0.1, -0.05) is 41.0 Å². The van der Waals surface area contributed by atoms with Crippen molar-refractivity contribution in [1.29, 1.82) is 0 Å². The minimum atomic E-state index is -1.25. The summed E-state index contributed by atoms with van der Waals surface area (Å²) in [4.78, 5) is 30.3. The van der Waals surface area contributed by atoms with Crippen LogP contribution < -0.4 is 0 Å². The van der Waals surface area contributed by atoms with Crippen LogP contribution in [0.4, 0.5) is 0 Å². The van der Waals surface area contributed by atoms with Crippen LogP contribution in [0.15, 0.2) is 11.0 Å². The molecule has 0 aromatic carbocycles. The molecule has 1 aromatic rings. The first-order valence-corrected chi connectivity index (χ1v) is 13.8. The number of aliphatic hydroxyl groups excluding tert-OH is 2. The lowest BCUT2D eigenvalue weighted by Crippen LogP contribution is -2.45. The van der Waals surface area contributed by atoms with Gasteiger partial charge in [0, 0.05) is 11.3 Å². The molecule has 1 aromatic heterocycles. The maximum atomic E-state index is 13.2. The maximum absolute atomic E-state index is 13.2. The van der Waals surface area contributed by atoms with Gasteiger partial charge in [0.15, 0.2) is 0 Å². The largest absolute Gasteiger partial charge is 0.458 e. The van der Waals surface area contributed by atoms with E-state index < -0.39 is 41.2 Å². The van der Waals surface area contributed by atoms with E-state index in [1.165, 1.54) is 0 Å². The van der Waals surface area contributed by atoms with Crippen LogP contribution in [0.1, 0.15) is 98.2 Å². The van der Waals surface area contributed by atoms with Crippen molar-refractivity contribution in [3.63, 3.8) is 0 Å². The molecular weight excluding hydrogens is 478 g/mol. The van der Waals surface area contributed by atoms with Crippen molar-refractivity contribution < 1.29 is 29.6 Å². The number of carbonyl (C=O) groups is 2. The van der Waals surface area contributed by atoms with E-state index in [0.29, 0.717) is 19.3 Å². The van der Waals surface area contributed by atoms with Gasteiger partial charge in [0.2, 0.25) is 0 Å². The first-order valence-electron chi connectivity index (χ1n) is 12.9. The fourth-order valence-corrected chi connectivity index (χ4v) is 4.89. The molecular formula is C28H47NO6S. The van der Waals surface area contributed by atoms with E-state index in [2.05, 4.69) is 4.98 Å². The molecule has 0 amide bonds. The van der Waals surface area contributed by atoms with Gasteiger partial charge < -0.3 is 20.1 Å². The fraction of sp³-hybridized carbons (Fsp3) is 0.750. The third kappa shape index (κ3) is 10.0. The number of esters is 1. The first kappa shape index (κ1) is 32.4. The van der Waals surface area contributed by atoms with Crippen LogP contribution in [-0.4, -0.2) is 56.0 Å². The molecule has 0 bridgehead atoms. The zero-order valence-electron chi connectivity index (χ0n) is 23.5. The van der Waals surface area contributed by atoms with E-state index >= 15 is 0 Å². The number of aromatic nitrogens is 1. The Balaban J connectivity index is 2.74. The van der Waals surface area contributed by atoms with Crippen molar-refractivity contribution in [2.75, 3.05) is 0 Å². The first-order chi connectivity index (χ1) is 16.5. The Kier molecular flexibility index (Phi) is 12.4. The molecule has 1 heterocycles. The molecule has 0 aliphatic heterocycles. The Morgan fingerprint density at radius 1 is 1.19 bits per heavy atom. The van der Waals surface area contributed by atoms with Crippen molar-refractivity contribution in [3.8, 4) is 0 Å². The SMILES string of the molecule is CC[C@H](OC(=O)C[C@H](O)C(C)(C)C(=O)C(C)[C@@H](O)C(C)CCCC(C)(C)O)/C(C)=C/c1csc(C)n1. The smallest absolute Gasteiger partial charge is 0.309 e. The minimum absolute atomic E-state index is 0.147. The van der Waals surface area contributed by atoms with Crippen molar-refractivity contribution >= 4 is 29.2 Å². The lowest BCUT2D eigenvalue weighted by atomic mass is 9.73. The molecule has 0 saturated carbocycles. The number of ether oxygens (including phenoxy) is 1. The van der Waals surface area contributed by atoms with Gasteiger partial charge in [0.05, 0.1) is 40.3 Å². The standard InChI is InChI=1S/C28H47NO6S/c1-10-22(18(3)14-21-16-36-20(5)29-21)35-24(31)15-23(30)28(8,9)26(33)19(4)25(32)17(2)12-11-13-27(6,7)34/h14,16-17,19,22-23,25,30,32,34H,10-13,15H2,1-9H3/b18-14+/t17?,19?,22-,23-,25-/m0/s1. The van der Waals surface area contributed by atoms with Crippen LogP contribution in [0.5, 0.6) is 0 Å². The highest BCUT2D eigenvalue weighted by Gasteiger charge is 2.42. The molecule has 1 rings (SSSR count). The summed E-state index contributed by atoms with van der Waals surface area (Å²) in [7, 11) is 0. The lowest BCUT2D eigenvalue weighted by molar-refractivity contribution is -0.154. The monoisotopic (exact) mass is 525 g/mol. The number of aryl methyl sites for hydroxylation is 1. The van der Waals surface area contributed by atoms with Crippen LogP contribution in [0.3, 0.4) is 0 Å². The Hall–Kier alpha value is -1.61. The minimum Gasteiger partial charge on any atom is -0.458 e. The Morgan fingerprint density at radius 3 is 2.31 bits per heavy atom. The predicted octanol–water partition coefficient (Wildman–Crippen LogP) is 5.10. The molecule has 5 atom stereocenters. The van der Waals surface area contributed by atoms with E-state index in [4.69, 9.17) is 4.74 Å². The highest BCUT2D eigenvalue weighted by molar-refractivity contribution is 7.09. The number of carbonyl (C=O) groups excluding carboxylic acids is 2. The molecule has 8 heteroatoms. The normalized spacial score (nSPS) is 17.3. The summed E-state index contributed by atoms with van der Waals surface area (Å²) in [6.45, 7) is 16.0. The molecule has 206 valence electrons. The third-order valence-electron chi connectivity index (χ3n) is 6.95. The van der Waals surface area contributed by atoms with Gasteiger partial charge in [-0.3, -0.25) is 9.59 Å². The molecule has 0 radical (unpaired) electrons. The van der Waals surface area contributed by atoms with Crippen LogP contribution >= 0.6 is 11.3 Å². The quantitative estimate of drug-likeness (QED) is 0.273. The highest BCUT2D eigenvalue weighted by Crippen LogP contribution is 2.32. The molecule has 2 unspecified atom stereocenters. The topological polar surface area (TPSA) is 117 Å². The zero-order valence-corrected chi connectivity index (χ0v) is 24.3. The van der Waals surface area contributed by atoms with E-state index in [9.17, 15) is 24.9 Å². The van der Waals surface area contributed by atoms with E-state index in [-0.39, 0.29) is 18.1 Å². The Bertz CT molecular complexity index is 885. The number of aliphatic hydroxyl groups is 3. The van der Waals surface area contributed by atoms with Crippen LogP contribution in [0.2, 0.25) is 0 Å². The van der Waals surface area contributed by atoms with Crippen molar-refractivity contribution in [3.05, 3.63) is 21.7 Å². The number of hydrogen-bond acceptors (Lipinski definition) is 8. The van der Waals surface area contributed by atoms with Gasteiger partial charge in [-0.25, -0.2) is 4.98 Å². The van der Waals surface area contributed by atoms with Gasteiger partial charge in [0.1, 0.15) is 11.9 Å². The van der Waals surface area contributed by atoms with Gasteiger partial charge in [-0.2, -0.15) is 0 Å². The molecule has 7 nitrogen and oxygen atoms in total. The summed E-state index contributed by atoms with van der Waals surface area (Å²) in [5, 5.41) is 34.4. The van der Waals surface area contributed by atoms with Crippen LogP contribution in [0, 0.1) is 24.2 Å². The van der Waals surface area contributed by atoms with E-state index in [1.54, 1.807) is 46.0 Å². The number of hydrogen-bond donors (Lipinski definition) is 3. The maximum Gasteiger partial charge on any atom is 0.309 e. The van der Waals surface area contributed by atoms with Crippen molar-refractivity contribution in [2.45, 2.75) is 118 Å². The van der Waals surface area contributed by atoms with Gasteiger partial charge in [0.25, 0.3) is 0 Å². The number of rotatable bonds is 15. The average Bonchev–Trinajstić information content (AvgIpc) is 3.18. The number of Topliss-reactive ketones (excluding diaryl/α,β-unsaturated/α-hetero) is 1. The average molecular weight is 526 g/mol. The highest BCUT2D eigenvalue weighted by atomic mass is 32.1. The summed E-state index contributed by atoms with van der Waals surface area (Å²) in [6, 6.07) is 0. The van der Waals surface area contributed by atoms with Gasteiger partial charge in [-0.05, 0) is 64.5 Å². The lowest BCUT2D eigenvalue weighted by Gasteiger charge is -2.34. The summed E-state index contributed by atoms with van der Waals surface area (Å²) < 4.78 is 5.63. The number of thiazole rings is 1. The van der Waals surface area contributed by atoms with Crippen LogP contribution in [0.25, 0.3) is 6.08 Å². The predicted molar refractivity (Wildman–Crippen MR) is 145 cm³/mol.